The Morgan fingerprint density at radius 3 is 2.20 bits per heavy atom. The van der Waals surface area contributed by atoms with E-state index in [4.69, 9.17) is 4.98 Å². The van der Waals surface area contributed by atoms with E-state index < -0.39 is 29.7 Å². The van der Waals surface area contributed by atoms with Crippen molar-refractivity contribution in [3.8, 4) is 0 Å². The Balaban J connectivity index is 0.777. The van der Waals surface area contributed by atoms with Crippen LogP contribution in [0.25, 0.3) is 11.0 Å². The van der Waals surface area contributed by atoms with Gasteiger partial charge in [0.1, 0.15) is 17.4 Å². The van der Waals surface area contributed by atoms with Crippen LogP contribution >= 0.6 is 0 Å². The number of piperidine rings is 2. The highest BCUT2D eigenvalue weighted by Crippen LogP contribution is 2.36. The van der Waals surface area contributed by atoms with Crippen LogP contribution in [-0.4, -0.2) is 135 Å². The number of nitrogens with one attached hydrogen (secondary N) is 2. The molecule has 59 heavy (non-hydrogen) atoms. The number of amides is 6. The minimum Gasteiger partial charge on any atom is -0.369 e. The molecule has 1 atom stereocenters. The fourth-order valence-corrected chi connectivity index (χ4v) is 9.44. The monoisotopic (exact) mass is 800 g/mol. The average molecular weight is 801 g/mol. The quantitative estimate of drug-likeness (QED) is 0.248. The predicted molar refractivity (Wildman–Crippen MR) is 219 cm³/mol. The van der Waals surface area contributed by atoms with Gasteiger partial charge in [0.15, 0.2) is 0 Å². The zero-order valence-electron chi connectivity index (χ0n) is 33.4. The molecule has 3 saturated heterocycles. The molecular weight excluding hydrogens is 753 g/mol. The van der Waals surface area contributed by atoms with E-state index in [-0.39, 0.29) is 41.8 Å². The van der Waals surface area contributed by atoms with Gasteiger partial charge >= 0.3 is 0 Å². The number of nitrogens with zero attached hydrogens (tertiary/aromatic N) is 8. The largest absolute Gasteiger partial charge is 0.369 e. The van der Waals surface area contributed by atoms with Crippen molar-refractivity contribution in [1.82, 2.24) is 39.5 Å². The SMILES string of the molecule is CN(C)C(=O)c1cc2cnc(Nc3ccc(C(=O)N4CCC(N5CCN(c6ccc7c(c6)C(=O)N(C6CCC(=O)NC6=O)C7=O)CC5)CC4)cc3)nc2n1C1CCCC1. The number of anilines is 3. The molecule has 16 nitrogen and oxygen atoms in total. The van der Waals surface area contributed by atoms with Crippen LogP contribution in [0.5, 0.6) is 0 Å². The Hall–Kier alpha value is -6.16. The second kappa shape index (κ2) is 15.5. The topological polar surface area (TPSA) is 173 Å². The fourth-order valence-electron chi connectivity index (χ4n) is 9.44. The molecule has 306 valence electrons. The number of aromatic nitrogens is 3. The zero-order valence-corrected chi connectivity index (χ0v) is 33.4. The molecule has 1 aliphatic carbocycles. The number of benzene rings is 2. The summed E-state index contributed by atoms with van der Waals surface area (Å²) in [6.07, 6.45) is 8.00. The van der Waals surface area contributed by atoms with Crippen LogP contribution < -0.4 is 15.5 Å². The molecule has 2 aromatic heterocycles. The lowest BCUT2D eigenvalue weighted by Gasteiger charge is -2.43. The Bertz CT molecular complexity index is 2350. The zero-order chi connectivity index (χ0) is 40.9. The van der Waals surface area contributed by atoms with Gasteiger partial charge in [-0.15, -0.1) is 0 Å². The molecule has 1 unspecified atom stereocenters. The van der Waals surface area contributed by atoms with Gasteiger partial charge < -0.3 is 24.6 Å². The molecule has 16 heteroatoms. The first kappa shape index (κ1) is 38.4. The van der Waals surface area contributed by atoms with Crippen molar-refractivity contribution in [2.75, 3.05) is 63.6 Å². The molecular formula is C43H48N10O6. The maximum absolute atomic E-state index is 13.6. The van der Waals surface area contributed by atoms with Crippen molar-refractivity contribution >= 4 is 63.8 Å². The third kappa shape index (κ3) is 7.19. The van der Waals surface area contributed by atoms with Crippen molar-refractivity contribution in [2.45, 2.75) is 69.5 Å². The summed E-state index contributed by atoms with van der Waals surface area (Å²) in [5.41, 5.74) is 4.17. The third-order valence-corrected chi connectivity index (χ3v) is 12.6. The van der Waals surface area contributed by atoms with Crippen LogP contribution in [0.2, 0.25) is 0 Å². The van der Waals surface area contributed by atoms with Crippen molar-refractivity contribution in [1.29, 1.82) is 0 Å². The fraction of sp³-hybridized carbons (Fsp3) is 0.442. The van der Waals surface area contributed by atoms with Gasteiger partial charge in [0.05, 0.1) is 11.1 Å². The summed E-state index contributed by atoms with van der Waals surface area (Å²) in [4.78, 5) is 95.8. The molecule has 0 bridgehead atoms. The Kier molecular flexibility index (Phi) is 10.1. The minimum absolute atomic E-state index is 0.00535. The number of imide groups is 2. The van der Waals surface area contributed by atoms with Crippen LogP contribution in [-0.2, 0) is 9.59 Å². The smallest absolute Gasteiger partial charge is 0.270 e. The van der Waals surface area contributed by atoms with Gasteiger partial charge in [-0.3, -0.25) is 43.9 Å². The Morgan fingerprint density at radius 1 is 0.797 bits per heavy atom. The summed E-state index contributed by atoms with van der Waals surface area (Å²) < 4.78 is 2.09. The van der Waals surface area contributed by atoms with E-state index in [1.165, 1.54) is 0 Å². The summed E-state index contributed by atoms with van der Waals surface area (Å²) in [7, 11) is 3.52. The average Bonchev–Trinajstić information content (AvgIpc) is 3.97. The summed E-state index contributed by atoms with van der Waals surface area (Å²) in [5.74, 6) is -1.64. The highest BCUT2D eigenvalue weighted by atomic mass is 16.2. The first-order chi connectivity index (χ1) is 28.5. The molecule has 0 radical (unpaired) electrons. The highest BCUT2D eigenvalue weighted by molar-refractivity contribution is 6.23. The number of fused-ring (bicyclic) bond motifs is 2. The molecule has 9 rings (SSSR count). The van der Waals surface area contributed by atoms with E-state index in [0.717, 1.165) is 92.0 Å². The second-order valence-electron chi connectivity index (χ2n) is 16.4. The van der Waals surface area contributed by atoms with E-state index in [0.29, 0.717) is 36.3 Å². The van der Waals surface area contributed by atoms with Crippen molar-refractivity contribution < 1.29 is 28.8 Å². The molecule has 2 N–H and O–H groups in total. The summed E-state index contributed by atoms with van der Waals surface area (Å²) in [6.45, 7) is 4.50. The van der Waals surface area contributed by atoms with Crippen molar-refractivity contribution in [3.05, 3.63) is 77.1 Å². The lowest BCUT2D eigenvalue weighted by Crippen LogP contribution is -2.54. The van der Waals surface area contributed by atoms with Gasteiger partial charge in [-0.2, -0.15) is 4.98 Å². The van der Waals surface area contributed by atoms with Crippen molar-refractivity contribution in [3.63, 3.8) is 0 Å². The number of carbonyl (C=O) groups excluding carboxylic acids is 6. The number of hydrogen-bond donors (Lipinski definition) is 2. The van der Waals surface area contributed by atoms with Crippen LogP contribution in [0.4, 0.5) is 17.3 Å². The summed E-state index contributed by atoms with van der Waals surface area (Å²) in [6, 6.07) is 14.2. The number of rotatable bonds is 8. The van der Waals surface area contributed by atoms with Crippen LogP contribution in [0.1, 0.15) is 99.0 Å². The van der Waals surface area contributed by atoms with Gasteiger partial charge in [-0.05, 0) is 80.6 Å². The highest BCUT2D eigenvalue weighted by Gasteiger charge is 2.45. The number of piperazine rings is 1. The first-order valence-electron chi connectivity index (χ1n) is 20.6. The standard InChI is InChI=1S/C43H48N10O6/c1-48(2)42(59)35-23-27-25-44-43(47-37(27)52(35)30-5-3-4-6-30)45-28-9-7-26(8-10-28)39(56)51-17-15-29(16-18-51)49-19-21-50(22-20-49)31-11-12-32-33(24-31)41(58)53(40(32)57)34-13-14-36(54)46-38(34)55/h7-12,23-25,29-30,34H,3-6,13-22H2,1-2H3,(H,44,45,47)(H,46,54,55). The maximum atomic E-state index is 13.6. The molecule has 0 spiro atoms. The van der Waals surface area contributed by atoms with Crippen LogP contribution in [0, 0.1) is 0 Å². The van der Waals surface area contributed by atoms with Gasteiger partial charge in [0, 0.05) is 100 Å². The third-order valence-electron chi connectivity index (χ3n) is 12.6. The second-order valence-corrected chi connectivity index (χ2v) is 16.4. The van der Waals surface area contributed by atoms with E-state index in [1.807, 2.05) is 41.3 Å². The van der Waals surface area contributed by atoms with E-state index in [1.54, 1.807) is 37.3 Å². The van der Waals surface area contributed by atoms with Crippen LogP contribution in [0.15, 0.2) is 54.7 Å². The van der Waals surface area contributed by atoms with Crippen molar-refractivity contribution in [2.24, 2.45) is 0 Å². The lowest BCUT2D eigenvalue weighted by molar-refractivity contribution is -0.136. The molecule has 4 aliphatic heterocycles. The Labute approximate surface area is 341 Å². The van der Waals surface area contributed by atoms with Crippen LogP contribution in [0.3, 0.4) is 0 Å². The molecule has 4 aromatic rings. The van der Waals surface area contributed by atoms with Gasteiger partial charge in [0.2, 0.25) is 17.8 Å². The van der Waals surface area contributed by atoms with Gasteiger partial charge in [-0.1, -0.05) is 12.8 Å². The van der Waals surface area contributed by atoms with E-state index in [9.17, 15) is 28.8 Å². The molecule has 1 saturated carbocycles. The Morgan fingerprint density at radius 2 is 1.51 bits per heavy atom. The molecule has 6 amide bonds. The summed E-state index contributed by atoms with van der Waals surface area (Å²) >= 11 is 0. The number of hydrogen-bond acceptors (Lipinski definition) is 11. The molecule has 4 fully saturated rings. The molecule has 5 aliphatic rings. The van der Waals surface area contributed by atoms with E-state index in [2.05, 4.69) is 30.0 Å². The predicted octanol–water partition coefficient (Wildman–Crippen LogP) is 3.82. The first-order valence-corrected chi connectivity index (χ1v) is 20.6. The normalized spacial score (nSPS) is 20.7. The number of carbonyl (C=O) groups is 6. The minimum atomic E-state index is -0.988. The van der Waals surface area contributed by atoms with E-state index >= 15 is 0 Å². The lowest BCUT2D eigenvalue weighted by atomic mass is 10.0. The molecule has 6 heterocycles. The van der Waals surface area contributed by atoms with Gasteiger partial charge in [0.25, 0.3) is 23.6 Å². The molecule has 2 aromatic carbocycles. The van der Waals surface area contributed by atoms with Gasteiger partial charge in [-0.25, -0.2) is 4.98 Å². The maximum Gasteiger partial charge on any atom is 0.270 e. The number of likely N-dealkylation sites (tertiary alicyclic amines) is 1. The summed E-state index contributed by atoms with van der Waals surface area (Å²) in [5, 5.41) is 6.36.